The predicted molar refractivity (Wildman–Crippen MR) is 60.3 cm³/mol. The second-order valence-corrected chi connectivity index (χ2v) is 4.27. The molecular weight excluding hydrogens is 194 g/mol. The van der Waals surface area contributed by atoms with Gasteiger partial charge in [-0.3, -0.25) is 4.79 Å². The van der Waals surface area contributed by atoms with Gasteiger partial charge in [-0.05, 0) is 24.8 Å². The normalized spacial score (nSPS) is 10.1. The summed E-state index contributed by atoms with van der Waals surface area (Å²) in [6.45, 7) is 5.64. The van der Waals surface area contributed by atoms with E-state index in [9.17, 15) is 4.79 Å². The van der Waals surface area contributed by atoms with Crippen LogP contribution in [0.25, 0.3) is 0 Å². The zero-order chi connectivity index (χ0) is 10.4. The summed E-state index contributed by atoms with van der Waals surface area (Å²) in [6.07, 6.45) is 1.60. The molecule has 0 saturated carbocycles. The highest BCUT2D eigenvalue weighted by atomic mass is 32.1. The summed E-state index contributed by atoms with van der Waals surface area (Å²) in [7, 11) is 0. The van der Waals surface area contributed by atoms with Crippen LogP contribution < -0.4 is 0 Å². The fourth-order valence-electron chi connectivity index (χ4n) is 1.34. The maximum absolute atomic E-state index is 11.6. The molecule has 0 spiro atoms. The fraction of sp³-hybridized carbons (Fsp3) is 0.545. The number of amides is 1. The maximum atomic E-state index is 11.6. The van der Waals surface area contributed by atoms with Gasteiger partial charge in [0.15, 0.2) is 0 Å². The van der Waals surface area contributed by atoms with Gasteiger partial charge in [0, 0.05) is 17.8 Å². The second kappa shape index (κ2) is 5.81. The van der Waals surface area contributed by atoms with Crippen molar-refractivity contribution in [3.8, 4) is 0 Å². The van der Waals surface area contributed by atoms with Gasteiger partial charge in [0.25, 0.3) is 0 Å². The number of hydrogen-bond donors (Lipinski definition) is 0. The van der Waals surface area contributed by atoms with Gasteiger partial charge < -0.3 is 4.90 Å². The first kappa shape index (κ1) is 11.2. The molecule has 1 heterocycles. The number of carbonyl (C=O) groups is 1. The largest absolute Gasteiger partial charge is 0.338 e. The zero-order valence-corrected chi connectivity index (χ0v) is 9.64. The van der Waals surface area contributed by atoms with Gasteiger partial charge in [-0.1, -0.05) is 13.0 Å². The molecule has 3 heteroatoms. The van der Waals surface area contributed by atoms with Crippen LogP contribution in [0.4, 0.5) is 0 Å². The monoisotopic (exact) mass is 211 g/mol. The molecule has 0 fully saturated rings. The van der Waals surface area contributed by atoms with Crippen molar-refractivity contribution in [2.75, 3.05) is 6.54 Å². The Morgan fingerprint density at radius 3 is 2.79 bits per heavy atom. The zero-order valence-electron chi connectivity index (χ0n) is 8.82. The van der Waals surface area contributed by atoms with Gasteiger partial charge in [0.1, 0.15) is 0 Å². The molecular formula is C11H17NOS. The van der Waals surface area contributed by atoms with Crippen LogP contribution in [0.1, 0.15) is 31.6 Å². The molecule has 2 nitrogen and oxygen atoms in total. The highest BCUT2D eigenvalue weighted by Crippen LogP contribution is 2.12. The first-order valence-electron chi connectivity index (χ1n) is 5.08. The van der Waals surface area contributed by atoms with Crippen molar-refractivity contribution < 1.29 is 4.79 Å². The Kier molecular flexibility index (Phi) is 4.66. The molecule has 14 heavy (non-hydrogen) atoms. The number of rotatable bonds is 5. The van der Waals surface area contributed by atoms with E-state index in [1.54, 1.807) is 11.3 Å². The number of nitrogens with zero attached hydrogens (tertiary/aromatic N) is 1. The molecule has 0 aliphatic heterocycles. The quantitative estimate of drug-likeness (QED) is 0.733. The van der Waals surface area contributed by atoms with Crippen LogP contribution in [-0.4, -0.2) is 17.4 Å². The molecule has 0 radical (unpaired) electrons. The molecule has 0 aliphatic carbocycles. The van der Waals surface area contributed by atoms with E-state index in [1.807, 2.05) is 30.2 Å². The maximum Gasteiger partial charge on any atom is 0.222 e. The average molecular weight is 211 g/mol. The SMILES string of the molecule is CCCC(=O)N(CC)Cc1cccs1. The molecule has 0 unspecified atom stereocenters. The molecule has 1 aromatic rings. The van der Waals surface area contributed by atoms with Crippen molar-refractivity contribution in [2.24, 2.45) is 0 Å². The number of hydrogen-bond acceptors (Lipinski definition) is 2. The predicted octanol–water partition coefficient (Wildman–Crippen LogP) is 2.90. The molecule has 1 amide bonds. The molecule has 0 aromatic carbocycles. The molecule has 0 N–H and O–H groups in total. The summed E-state index contributed by atoms with van der Waals surface area (Å²) in [5.41, 5.74) is 0. The Hall–Kier alpha value is -0.830. The number of carbonyl (C=O) groups excluding carboxylic acids is 1. The molecule has 0 atom stereocenters. The van der Waals surface area contributed by atoms with Gasteiger partial charge in [-0.2, -0.15) is 0 Å². The third-order valence-electron chi connectivity index (χ3n) is 2.13. The van der Waals surface area contributed by atoms with Crippen LogP contribution in [0.2, 0.25) is 0 Å². The molecule has 0 bridgehead atoms. The van der Waals surface area contributed by atoms with Crippen LogP contribution >= 0.6 is 11.3 Å². The Morgan fingerprint density at radius 1 is 1.50 bits per heavy atom. The molecule has 1 aromatic heterocycles. The topological polar surface area (TPSA) is 20.3 Å². The van der Waals surface area contributed by atoms with E-state index in [-0.39, 0.29) is 5.91 Å². The van der Waals surface area contributed by atoms with Gasteiger partial charge in [-0.25, -0.2) is 0 Å². The molecule has 0 aliphatic rings. The van der Waals surface area contributed by atoms with E-state index in [0.717, 1.165) is 19.5 Å². The third kappa shape index (κ3) is 3.14. The van der Waals surface area contributed by atoms with E-state index >= 15 is 0 Å². The van der Waals surface area contributed by atoms with Crippen LogP contribution in [-0.2, 0) is 11.3 Å². The van der Waals surface area contributed by atoms with E-state index in [2.05, 4.69) is 6.07 Å². The van der Waals surface area contributed by atoms with Crippen molar-refractivity contribution in [3.63, 3.8) is 0 Å². The van der Waals surface area contributed by atoms with Crippen LogP contribution in [0.5, 0.6) is 0 Å². The lowest BCUT2D eigenvalue weighted by atomic mass is 10.3. The minimum atomic E-state index is 0.267. The molecule has 78 valence electrons. The van der Waals surface area contributed by atoms with Crippen LogP contribution in [0.15, 0.2) is 17.5 Å². The van der Waals surface area contributed by atoms with Gasteiger partial charge >= 0.3 is 0 Å². The third-order valence-corrected chi connectivity index (χ3v) is 2.99. The highest BCUT2D eigenvalue weighted by Gasteiger charge is 2.10. The van der Waals surface area contributed by atoms with E-state index in [1.165, 1.54) is 4.88 Å². The Bertz CT molecular complexity index is 269. The lowest BCUT2D eigenvalue weighted by molar-refractivity contribution is -0.131. The first-order chi connectivity index (χ1) is 6.77. The summed E-state index contributed by atoms with van der Waals surface area (Å²) in [5.74, 6) is 0.267. The average Bonchev–Trinajstić information content (AvgIpc) is 2.66. The summed E-state index contributed by atoms with van der Waals surface area (Å²) >= 11 is 1.71. The lowest BCUT2D eigenvalue weighted by Gasteiger charge is -2.19. The van der Waals surface area contributed by atoms with Gasteiger partial charge in [0.2, 0.25) is 5.91 Å². The van der Waals surface area contributed by atoms with E-state index < -0.39 is 0 Å². The van der Waals surface area contributed by atoms with Crippen molar-refractivity contribution in [2.45, 2.75) is 33.2 Å². The molecule has 1 rings (SSSR count). The Morgan fingerprint density at radius 2 is 2.29 bits per heavy atom. The Labute approximate surface area is 89.5 Å². The summed E-state index contributed by atoms with van der Waals surface area (Å²) < 4.78 is 0. The van der Waals surface area contributed by atoms with Crippen LogP contribution in [0, 0.1) is 0 Å². The van der Waals surface area contributed by atoms with Crippen LogP contribution in [0.3, 0.4) is 0 Å². The van der Waals surface area contributed by atoms with Crippen molar-refractivity contribution >= 4 is 17.2 Å². The van der Waals surface area contributed by atoms with Crippen molar-refractivity contribution in [1.29, 1.82) is 0 Å². The van der Waals surface area contributed by atoms with Crippen molar-refractivity contribution in [3.05, 3.63) is 22.4 Å². The lowest BCUT2D eigenvalue weighted by Crippen LogP contribution is -2.29. The van der Waals surface area contributed by atoms with E-state index in [4.69, 9.17) is 0 Å². The van der Waals surface area contributed by atoms with E-state index in [0.29, 0.717) is 6.42 Å². The minimum Gasteiger partial charge on any atom is -0.338 e. The van der Waals surface area contributed by atoms with Gasteiger partial charge in [0.05, 0.1) is 6.54 Å². The minimum absolute atomic E-state index is 0.267. The smallest absolute Gasteiger partial charge is 0.222 e. The standard InChI is InChI=1S/C11H17NOS/c1-3-6-11(13)12(4-2)9-10-7-5-8-14-10/h5,7-8H,3-4,6,9H2,1-2H3. The fourth-order valence-corrected chi connectivity index (χ4v) is 2.06. The summed E-state index contributed by atoms with van der Waals surface area (Å²) in [6, 6.07) is 4.10. The first-order valence-corrected chi connectivity index (χ1v) is 5.96. The molecule has 0 saturated heterocycles. The van der Waals surface area contributed by atoms with Gasteiger partial charge in [-0.15, -0.1) is 11.3 Å². The Balaban J connectivity index is 2.50. The summed E-state index contributed by atoms with van der Waals surface area (Å²) in [4.78, 5) is 14.8. The second-order valence-electron chi connectivity index (χ2n) is 3.24. The highest BCUT2D eigenvalue weighted by molar-refractivity contribution is 7.09. The number of thiophene rings is 1. The van der Waals surface area contributed by atoms with Crippen molar-refractivity contribution in [1.82, 2.24) is 4.90 Å². The summed E-state index contributed by atoms with van der Waals surface area (Å²) in [5, 5.41) is 2.05.